The topological polar surface area (TPSA) is 66.9 Å². The third kappa shape index (κ3) is 5.90. The van der Waals surface area contributed by atoms with E-state index in [0.717, 1.165) is 35.9 Å². The molecule has 0 bridgehead atoms. The predicted molar refractivity (Wildman–Crippen MR) is 136 cm³/mol. The highest BCUT2D eigenvalue weighted by Crippen LogP contribution is 2.38. The van der Waals surface area contributed by atoms with Crippen LogP contribution in [0.4, 0.5) is 9.18 Å². The monoisotopic (exact) mass is 610 g/mol. The highest BCUT2D eigenvalue weighted by atomic mass is 79.9. The first-order valence-electron chi connectivity index (χ1n) is 10.7. The number of carbonyl (C=O) groups excluding carboxylic acids is 3. The summed E-state index contributed by atoms with van der Waals surface area (Å²) in [7, 11) is 0. The summed E-state index contributed by atoms with van der Waals surface area (Å²) in [6, 6.07) is 9.69. The lowest BCUT2D eigenvalue weighted by Gasteiger charge is -2.27. The fraction of sp³-hybridized carbons (Fsp3) is 0.292. The Morgan fingerprint density at radius 2 is 1.79 bits per heavy atom. The molecule has 2 heterocycles. The van der Waals surface area contributed by atoms with Crippen LogP contribution in [-0.2, 0) is 16.2 Å². The van der Waals surface area contributed by atoms with E-state index < -0.39 is 11.1 Å². The van der Waals surface area contributed by atoms with Crippen LogP contribution in [0.25, 0.3) is 6.08 Å². The molecule has 6 nitrogen and oxygen atoms in total. The van der Waals surface area contributed by atoms with Gasteiger partial charge in [0.15, 0.2) is 0 Å². The number of ether oxygens (including phenoxy) is 1. The number of piperidine rings is 1. The van der Waals surface area contributed by atoms with Crippen LogP contribution in [0, 0.1) is 5.82 Å². The number of nitrogens with zero attached hydrogens (tertiary/aromatic N) is 2. The molecule has 0 aromatic heterocycles. The number of imide groups is 1. The Morgan fingerprint density at radius 1 is 1.09 bits per heavy atom. The van der Waals surface area contributed by atoms with Gasteiger partial charge in [0.2, 0.25) is 5.91 Å². The number of rotatable bonds is 6. The number of likely N-dealkylation sites (tertiary alicyclic amines) is 1. The average Bonchev–Trinajstić information content (AvgIpc) is 3.06. The zero-order chi connectivity index (χ0) is 24.2. The van der Waals surface area contributed by atoms with Crippen molar-refractivity contribution in [3.8, 4) is 5.75 Å². The molecule has 0 aliphatic carbocycles. The summed E-state index contributed by atoms with van der Waals surface area (Å²) in [5.41, 5.74) is 1.36. The van der Waals surface area contributed by atoms with Crippen molar-refractivity contribution in [3.05, 3.63) is 67.2 Å². The number of hydrogen-bond donors (Lipinski definition) is 0. The zero-order valence-electron chi connectivity index (χ0n) is 18.1. The van der Waals surface area contributed by atoms with E-state index in [-0.39, 0.29) is 29.8 Å². The van der Waals surface area contributed by atoms with Crippen molar-refractivity contribution >= 4 is 66.8 Å². The summed E-state index contributed by atoms with van der Waals surface area (Å²) in [6.07, 6.45) is 4.59. The first-order chi connectivity index (χ1) is 16.3. The molecule has 0 spiro atoms. The maximum Gasteiger partial charge on any atom is 0.294 e. The van der Waals surface area contributed by atoms with Crippen LogP contribution in [0.1, 0.15) is 30.4 Å². The lowest BCUT2D eigenvalue weighted by molar-refractivity contribution is -0.136. The van der Waals surface area contributed by atoms with Crippen molar-refractivity contribution < 1.29 is 23.5 Å². The number of benzene rings is 2. The van der Waals surface area contributed by atoms with Gasteiger partial charge in [-0.25, -0.2) is 4.39 Å². The van der Waals surface area contributed by atoms with E-state index in [2.05, 4.69) is 31.9 Å². The second kappa shape index (κ2) is 11.0. The van der Waals surface area contributed by atoms with Gasteiger partial charge in [0, 0.05) is 13.1 Å². The van der Waals surface area contributed by atoms with Crippen molar-refractivity contribution in [1.29, 1.82) is 0 Å². The van der Waals surface area contributed by atoms with Crippen LogP contribution < -0.4 is 4.74 Å². The molecule has 0 radical (unpaired) electrons. The van der Waals surface area contributed by atoms with Gasteiger partial charge < -0.3 is 9.64 Å². The standard InChI is InChI=1S/C24H21Br2FN2O4S/c25-18-10-16(11-19(26)22(18)33-14-15-5-4-6-17(27)9-15)12-20-23(31)29(24(32)34-20)13-21(30)28-7-2-1-3-8-28/h4-6,9-12H,1-3,7-8,13-14H2/b20-12-. The van der Waals surface area contributed by atoms with E-state index in [4.69, 9.17) is 4.74 Å². The van der Waals surface area contributed by atoms with Gasteiger partial charge in [-0.3, -0.25) is 19.3 Å². The first-order valence-corrected chi connectivity index (χ1v) is 13.1. The fourth-order valence-electron chi connectivity index (χ4n) is 3.75. The number of hydrogen-bond acceptors (Lipinski definition) is 5. The van der Waals surface area contributed by atoms with Crippen LogP contribution in [0.2, 0.25) is 0 Å². The molecule has 0 N–H and O–H groups in total. The molecular formula is C24H21Br2FN2O4S. The Bertz CT molecular complexity index is 1140. The third-order valence-electron chi connectivity index (χ3n) is 5.47. The van der Waals surface area contributed by atoms with E-state index in [1.807, 2.05) is 0 Å². The minimum Gasteiger partial charge on any atom is -0.487 e. The van der Waals surface area contributed by atoms with E-state index in [0.29, 0.717) is 38.9 Å². The van der Waals surface area contributed by atoms with Crippen molar-refractivity contribution in [3.63, 3.8) is 0 Å². The molecule has 0 unspecified atom stereocenters. The Balaban J connectivity index is 1.45. The van der Waals surface area contributed by atoms with E-state index in [9.17, 15) is 18.8 Å². The Morgan fingerprint density at radius 3 is 2.47 bits per heavy atom. The summed E-state index contributed by atoms with van der Waals surface area (Å²) in [6.45, 7) is 1.28. The molecule has 3 amide bonds. The molecule has 2 fully saturated rings. The largest absolute Gasteiger partial charge is 0.487 e. The van der Waals surface area contributed by atoms with Gasteiger partial charge >= 0.3 is 0 Å². The summed E-state index contributed by atoms with van der Waals surface area (Å²) in [5, 5.41) is -0.449. The van der Waals surface area contributed by atoms with Gasteiger partial charge in [0.25, 0.3) is 11.1 Å². The molecule has 10 heteroatoms. The zero-order valence-corrected chi connectivity index (χ0v) is 22.0. The Kier molecular flexibility index (Phi) is 8.10. The number of halogens is 3. The van der Waals surface area contributed by atoms with E-state index in [1.165, 1.54) is 12.1 Å². The number of thioether (sulfide) groups is 1. The predicted octanol–water partition coefficient (Wildman–Crippen LogP) is 5.98. The molecule has 0 atom stereocenters. The van der Waals surface area contributed by atoms with Gasteiger partial charge in [0.1, 0.15) is 24.7 Å². The SMILES string of the molecule is O=C(CN1C(=O)S/C(=C\c2cc(Br)c(OCc3cccc(F)c3)c(Br)c2)C1=O)N1CCCCC1. The van der Waals surface area contributed by atoms with Crippen LogP contribution >= 0.6 is 43.6 Å². The van der Waals surface area contributed by atoms with Gasteiger partial charge in [-0.1, -0.05) is 12.1 Å². The Hall–Kier alpha value is -2.17. The first kappa shape index (κ1) is 24.9. The van der Waals surface area contributed by atoms with Gasteiger partial charge in [-0.05, 0) is 104 Å². The highest BCUT2D eigenvalue weighted by Gasteiger charge is 2.37. The Labute approximate surface area is 217 Å². The summed E-state index contributed by atoms with van der Waals surface area (Å²) in [4.78, 5) is 40.8. The average molecular weight is 612 g/mol. The van der Waals surface area contributed by atoms with Crippen molar-refractivity contribution in [1.82, 2.24) is 9.80 Å². The van der Waals surface area contributed by atoms with Crippen LogP contribution in [-0.4, -0.2) is 46.5 Å². The van der Waals surface area contributed by atoms with Crippen molar-refractivity contribution in [2.24, 2.45) is 0 Å². The molecule has 0 saturated carbocycles. The number of amides is 3. The highest BCUT2D eigenvalue weighted by molar-refractivity contribution is 9.11. The second-order valence-corrected chi connectivity index (χ2v) is 10.6. The van der Waals surface area contributed by atoms with Crippen molar-refractivity contribution in [2.45, 2.75) is 25.9 Å². The fourth-order valence-corrected chi connectivity index (χ4v) is 6.04. The third-order valence-corrected chi connectivity index (χ3v) is 7.55. The van der Waals surface area contributed by atoms with E-state index in [1.54, 1.807) is 35.2 Å². The van der Waals surface area contributed by atoms with Crippen LogP contribution in [0.5, 0.6) is 5.75 Å². The quantitative estimate of drug-likeness (QED) is 0.376. The molecule has 2 saturated heterocycles. The van der Waals surface area contributed by atoms with Crippen LogP contribution in [0.15, 0.2) is 50.2 Å². The maximum absolute atomic E-state index is 13.4. The van der Waals surface area contributed by atoms with E-state index >= 15 is 0 Å². The molecule has 178 valence electrons. The molecule has 4 rings (SSSR count). The minimum atomic E-state index is -0.473. The van der Waals surface area contributed by atoms with Gasteiger partial charge in [-0.2, -0.15) is 0 Å². The normalized spacial score (nSPS) is 17.6. The minimum absolute atomic E-state index is 0.179. The lowest BCUT2D eigenvalue weighted by Crippen LogP contribution is -2.44. The molecule has 2 aromatic rings. The molecule has 2 aromatic carbocycles. The number of carbonyl (C=O) groups is 3. The maximum atomic E-state index is 13.4. The van der Waals surface area contributed by atoms with Gasteiger partial charge in [0.05, 0.1) is 13.9 Å². The lowest BCUT2D eigenvalue weighted by atomic mass is 10.1. The molecular weight excluding hydrogens is 591 g/mol. The molecule has 2 aliphatic heterocycles. The molecule has 34 heavy (non-hydrogen) atoms. The van der Waals surface area contributed by atoms with Gasteiger partial charge in [-0.15, -0.1) is 0 Å². The van der Waals surface area contributed by atoms with Crippen LogP contribution in [0.3, 0.4) is 0 Å². The summed E-state index contributed by atoms with van der Waals surface area (Å²) >= 11 is 7.77. The van der Waals surface area contributed by atoms with Crippen molar-refractivity contribution in [2.75, 3.05) is 19.6 Å². The molecule has 2 aliphatic rings. The smallest absolute Gasteiger partial charge is 0.294 e. The second-order valence-electron chi connectivity index (χ2n) is 7.94. The summed E-state index contributed by atoms with van der Waals surface area (Å²) < 4.78 is 20.5. The summed E-state index contributed by atoms with van der Waals surface area (Å²) in [5.74, 6) is -0.477.